The Morgan fingerprint density at radius 1 is 1.25 bits per heavy atom. The molecule has 3 rings (SSSR count). The Labute approximate surface area is 162 Å². The Balaban J connectivity index is 0.00000208. The summed E-state index contributed by atoms with van der Waals surface area (Å²) in [6, 6.07) is 0. The van der Waals surface area contributed by atoms with E-state index in [0.29, 0.717) is 5.41 Å². The van der Waals surface area contributed by atoms with Crippen molar-refractivity contribution in [2.24, 2.45) is 16.3 Å². The molecule has 0 bridgehead atoms. The van der Waals surface area contributed by atoms with E-state index in [2.05, 4.69) is 34.6 Å². The monoisotopic (exact) mass is 446 g/mol. The number of aryl methyl sites for hydroxylation is 2. The minimum atomic E-state index is 0. The zero-order valence-electron chi connectivity index (χ0n) is 15.2. The van der Waals surface area contributed by atoms with E-state index in [-0.39, 0.29) is 24.0 Å². The number of guanidine groups is 1. The topological polar surface area (TPSA) is 62.5 Å². The minimum absolute atomic E-state index is 0. The van der Waals surface area contributed by atoms with Gasteiger partial charge in [0.2, 0.25) is 0 Å². The van der Waals surface area contributed by atoms with E-state index in [4.69, 9.17) is 4.52 Å². The molecule has 0 atom stereocenters. The predicted octanol–water partition coefficient (Wildman–Crippen LogP) is 3.66. The van der Waals surface area contributed by atoms with Gasteiger partial charge in [0.1, 0.15) is 5.76 Å². The highest BCUT2D eigenvalue weighted by molar-refractivity contribution is 14.0. The highest BCUT2D eigenvalue weighted by Gasteiger charge is 2.48. The van der Waals surface area contributed by atoms with Gasteiger partial charge in [0.05, 0.1) is 5.69 Å². The number of nitrogens with one attached hydrogen (secondary N) is 2. The van der Waals surface area contributed by atoms with Crippen molar-refractivity contribution in [2.75, 3.05) is 13.6 Å². The average Bonchev–Trinajstić information content (AvgIpc) is 3.29. The van der Waals surface area contributed by atoms with Crippen LogP contribution in [0.4, 0.5) is 0 Å². The third-order valence-electron chi connectivity index (χ3n) is 5.66. The molecule has 24 heavy (non-hydrogen) atoms. The van der Waals surface area contributed by atoms with Crippen molar-refractivity contribution in [2.45, 2.75) is 65.3 Å². The molecular formula is C18H31IN4O. The van der Waals surface area contributed by atoms with Gasteiger partial charge in [-0.05, 0) is 43.4 Å². The molecule has 0 amide bonds. The molecule has 0 spiro atoms. The summed E-state index contributed by atoms with van der Waals surface area (Å²) < 4.78 is 5.43. The number of halogens is 1. The van der Waals surface area contributed by atoms with Gasteiger partial charge in [0.25, 0.3) is 0 Å². The lowest BCUT2D eigenvalue weighted by Crippen LogP contribution is -2.47. The second kappa shape index (κ2) is 8.54. The Morgan fingerprint density at radius 3 is 2.50 bits per heavy atom. The lowest BCUT2D eigenvalue weighted by Gasteiger charge is -2.43. The SMILES string of the molecule is CCc1noc(CC)c1CNC(=NC)NCC1(C2CC2)CCC1.I. The van der Waals surface area contributed by atoms with Gasteiger partial charge in [0, 0.05) is 32.1 Å². The van der Waals surface area contributed by atoms with E-state index in [1.165, 1.54) is 37.7 Å². The molecule has 2 aliphatic rings. The van der Waals surface area contributed by atoms with Crippen LogP contribution in [0.2, 0.25) is 0 Å². The Kier molecular flexibility index (Phi) is 6.95. The summed E-state index contributed by atoms with van der Waals surface area (Å²) in [6.07, 6.45) is 8.78. The average molecular weight is 446 g/mol. The number of hydrogen-bond acceptors (Lipinski definition) is 3. The quantitative estimate of drug-likeness (QED) is 0.381. The van der Waals surface area contributed by atoms with Gasteiger partial charge in [-0.15, -0.1) is 24.0 Å². The Bertz CT molecular complexity index is 540. The summed E-state index contributed by atoms with van der Waals surface area (Å²) in [7, 11) is 1.84. The molecule has 2 saturated carbocycles. The van der Waals surface area contributed by atoms with Crippen molar-refractivity contribution in [3.05, 3.63) is 17.0 Å². The normalized spacial score (nSPS) is 19.4. The smallest absolute Gasteiger partial charge is 0.191 e. The standard InChI is InChI=1S/C18H30N4O.HI/c1-4-15-14(16(5-2)23-22-15)11-20-17(19-3)21-12-18(9-6-10-18)13-7-8-13;/h13H,4-12H2,1-3H3,(H2,19,20,21);1H. The number of rotatable bonds is 7. The maximum Gasteiger partial charge on any atom is 0.191 e. The highest BCUT2D eigenvalue weighted by Crippen LogP contribution is 2.56. The van der Waals surface area contributed by atoms with E-state index >= 15 is 0 Å². The summed E-state index contributed by atoms with van der Waals surface area (Å²) in [5.41, 5.74) is 2.80. The van der Waals surface area contributed by atoms with Gasteiger partial charge >= 0.3 is 0 Å². The van der Waals surface area contributed by atoms with Crippen LogP contribution in [0.1, 0.15) is 63.0 Å². The molecular weight excluding hydrogens is 415 g/mol. The van der Waals surface area contributed by atoms with Crippen LogP contribution in [0.25, 0.3) is 0 Å². The second-order valence-corrected chi connectivity index (χ2v) is 7.01. The van der Waals surface area contributed by atoms with Gasteiger partial charge < -0.3 is 15.2 Å². The fourth-order valence-corrected chi connectivity index (χ4v) is 3.85. The summed E-state index contributed by atoms with van der Waals surface area (Å²) in [6.45, 7) is 6.00. The van der Waals surface area contributed by atoms with Crippen molar-refractivity contribution in [1.82, 2.24) is 15.8 Å². The summed E-state index contributed by atoms with van der Waals surface area (Å²) in [5.74, 6) is 2.83. The fraction of sp³-hybridized carbons (Fsp3) is 0.778. The van der Waals surface area contributed by atoms with Gasteiger partial charge in [-0.2, -0.15) is 0 Å². The van der Waals surface area contributed by atoms with E-state index in [1.54, 1.807) is 0 Å². The molecule has 2 aliphatic carbocycles. The lowest BCUT2D eigenvalue weighted by atomic mass is 9.65. The maximum absolute atomic E-state index is 5.43. The molecule has 2 fully saturated rings. The molecule has 6 heteroatoms. The van der Waals surface area contributed by atoms with E-state index < -0.39 is 0 Å². The molecule has 5 nitrogen and oxygen atoms in total. The van der Waals surface area contributed by atoms with Crippen LogP contribution in [0.15, 0.2) is 9.52 Å². The van der Waals surface area contributed by atoms with Crippen LogP contribution < -0.4 is 10.6 Å². The van der Waals surface area contributed by atoms with E-state index in [1.807, 2.05) is 7.05 Å². The minimum Gasteiger partial charge on any atom is -0.361 e. The number of aliphatic imine (C=N–C) groups is 1. The van der Waals surface area contributed by atoms with Gasteiger partial charge in [0.15, 0.2) is 5.96 Å². The molecule has 0 aromatic carbocycles. The van der Waals surface area contributed by atoms with Crippen molar-refractivity contribution in [1.29, 1.82) is 0 Å². The van der Waals surface area contributed by atoms with Crippen LogP contribution in [-0.2, 0) is 19.4 Å². The number of nitrogens with zero attached hydrogens (tertiary/aromatic N) is 2. The first-order valence-electron chi connectivity index (χ1n) is 9.13. The van der Waals surface area contributed by atoms with Crippen LogP contribution in [0.5, 0.6) is 0 Å². The van der Waals surface area contributed by atoms with Gasteiger partial charge in [-0.3, -0.25) is 4.99 Å². The first-order valence-corrected chi connectivity index (χ1v) is 9.13. The maximum atomic E-state index is 5.43. The van der Waals surface area contributed by atoms with Crippen LogP contribution in [0, 0.1) is 11.3 Å². The summed E-state index contributed by atoms with van der Waals surface area (Å²) >= 11 is 0. The Hall–Kier alpha value is -0.790. The second-order valence-electron chi connectivity index (χ2n) is 7.01. The Morgan fingerprint density at radius 2 is 2.00 bits per heavy atom. The first-order chi connectivity index (χ1) is 11.2. The van der Waals surface area contributed by atoms with E-state index in [0.717, 1.165) is 49.3 Å². The third-order valence-corrected chi connectivity index (χ3v) is 5.66. The van der Waals surface area contributed by atoms with Gasteiger partial charge in [-0.1, -0.05) is 25.4 Å². The number of aromatic nitrogens is 1. The molecule has 1 aromatic rings. The fourth-order valence-electron chi connectivity index (χ4n) is 3.85. The molecule has 0 saturated heterocycles. The molecule has 2 N–H and O–H groups in total. The van der Waals surface area contributed by atoms with Crippen LogP contribution in [0.3, 0.4) is 0 Å². The molecule has 1 aromatic heterocycles. The van der Waals surface area contributed by atoms with Crippen molar-refractivity contribution >= 4 is 29.9 Å². The van der Waals surface area contributed by atoms with Gasteiger partial charge in [-0.25, -0.2) is 0 Å². The first kappa shape index (κ1) is 19.5. The zero-order chi connectivity index (χ0) is 16.3. The van der Waals surface area contributed by atoms with Crippen LogP contribution in [-0.4, -0.2) is 24.7 Å². The molecule has 0 aliphatic heterocycles. The number of hydrogen-bond donors (Lipinski definition) is 2. The summed E-state index contributed by atoms with van der Waals surface area (Å²) in [4.78, 5) is 4.38. The highest BCUT2D eigenvalue weighted by atomic mass is 127. The summed E-state index contributed by atoms with van der Waals surface area (Å²) in [5, 5.41) is 11.2. The third kappa shape index (κ3) is 4.06. The molecule has 136 valence electrons. The van der Waals surface area contributed by atoms with Crippen molar-refractivity contribution in [3.8, 4) is 0 Å². The lowest BCUT2D eigenvalue weighted by molar-refractivity contribution is 0.106. The van der Waals surface area contributed by atoms with Crippen molar-refractivity contribution < 1.29 is 4.52 Å². The van der Waals surface area contributed by atoms with Crippen LogP contribution >= 0.6 is 24.0 Å². The molecule has 0 unspecified atom stereocenters. The largest absolute Gasteiger partial charge is 0.361 e. The van der Waals surface area contributed by atoms with Crippen molar-refractivity contribution in [3.63, 3.8) is 0 Å². The zero-order valence-corrected chi connectivity index (χ0v) is 17.5. The molecule has 1 heterocycles. The van der Waals surface area contributed by atoms with E-state index in [9.17, 15) is 0 Å². The predicted molar refractivity (Wildman–Crippen MR) is 108 cm³/mol. The molecule has 0 radical (unpaired) electrons.